The van der Waals surface area contributed by atoms with E-state index in [1.807, 2.05) is 25.1 Å². The largest absolute Gasteiger partial charge is 0.505 e. The molecule has 3 rings (SSSR count). The highest BCUT2D eigenvalue weighted by Crippen LogP contribution is 2.24. The first-order valence-corrected chi connectivity index (χ1v) is 9.31. The molecular formula is C21H27FIN3O3. The number of nitrogens with zero attached hydrogens (tertiary/aromatic N) is 1. The van der Waals surface area contributed by atoms with Crippen LogP contribution in [0.3, 0.4) is 0 Å². The Balaban J connectivity index is 0.00000300. The highest BCUT2D eigenvalue weighted by atomic mass is 127. The Kier molecular flexibility index (Phi) is 8.97. The number of aromatic hydroxyl groups is 1. The van der Waals surface area contributed by atoms with Gasteiger partial charge < -0.3 is 25.2 Å². The van der Waals surface area contributed by atoms with Crippen LogP contribution in [-0.4, -0.2) is 37.4 Å². The van der Waals surface area contributed by atoms with E-state index in [9.17, 15) is 9.50 Å². The van der Waals surface area contributed by atoms with E-state index in [4.69, 9.17) is 9.47 Å². The molecule has 1 aliphatic rings. The monoisotopic (exact) mass is 515 g/mol. The summed E-state index contributed by atoms with van der Waals surface area (Å²) in [6.07, 6.45) is 0.982. The van der Waals surface area contributed by atoms with Crippen molar-refractivity contribution in [2.75, 3.05) is 20.3 Å². The van der Waals surface area contributed by atoms with E-state index in [0.717, 1.165) is 29.9 Å². The van der Waals surface area contributed by atoms with Crippen molar-refractivity contribution in [2.24, 2.45) is 4.99 Å². The third-order valence-electron chi connectivity index (χ3n) is 4.55. The molecule has 2 aromatic rings. The van der Waals surface area contributed by atoms with Crippen LogP contribution >= 0.6 is 24.0 Å². The number of phenolic OH excluding ortho intramolecular Hbond substituents is 1. The quantitative estimate of drug-likeness (QED) is 0.312. The fourth-order valence-electron chi connectivity index (χ4n) is 2.95. The van der Waals surface area contributed by atoms with Gasteiger partial charge in [0.15, 0.2) is 17.5 Å². The topological polar surface area (TPSA) is 75.1 Å². The Morgan fingerprint density at radius 3 is 2.72 bits per heavy atom. The number of hydrogen-bond acceptors (Lipinski definition) is 4. The van der Waals surface area contributed by atoms with E-state index in [2.05, 4.69) is 15.6 Å². The first-order valence-electron chi connectivity index (χ1n) is 9.31. The van der Waals surface area contributed by atoms with E-state index >= 15 is 0 Å². The average molecular weight is 515 g/mol. The lowest BCUT2D eigenvalue weighted by atomic mass is 10.1. The number of guanidine groups is 1. The number of hydrogen-bond donors (Lipinski definition) is 3. The highest BCUT2D eigenvalue weighted by Gasteiger charge is 2.18. The molecule has 1 fully saturated rings. The molecule has 1 atom stereocenters. The molecule has 158 valence electrons. The van der Waals surface area contributed by atoms with Crippen LogP contribution in [0.15, 0.2) is 41.4 Å². The van der Waals surface area contributed by atoms with Gasteiger partial charge in [-0.05, 0) is 36.2 Å². The molecule has 0 radical (unpaired) electrons. The van der Waals surface area contributed by atoms with Crippen molar-refractivity contribution in [1.82, 2.24) is 10.6 Å². The number of ether oxygens (including phenoxy) is 2. The standard InChI is InChI=1S/C21H26FN3O3.HI/c1-14-3-5-16(20(9-14)28-17-7-8-27-13-17)12-25-21(23-2)24-11-15-4-6-19(26)18(22)10-15;/h3-6,9-10,17,26H,7-8,11-13H2,1-2H3,(H2,23,24,25);1H. The molecule has 0 saturated carbocycles. The number of phenols is 1. The van der Waals surface area contributed by atoms with Crippen LogP contribution in [0.25, 0.3) is 0 Å². The molecule has 1 heterocycles. The predicted octanol–water partition coefficient (Wildman–Crippen LogP) is 3.49. The Morgan fingerprint density at radius 2 is 2.03 bits per heavy atom. The molecule has 0 spiro atoms. The minimum Gasteiger partial charge on any atom is -0.505 e. The molecule has 1 unspecified atom stereocenters. The van der Waals surface area contributed by atoms with E-state index in [0.29, 0.717) is 31.2 Å². The zero-order valence-corrected chi connectivity index (χ0v) is 18.9. The third-order valence-corrected chi connectivity index (χ3v) is 4.55. The van der Waals surface area contributed by atoms with Crippen molar-refractivity contribution >= 4 is 29.9 Å². The van der Waals surface area contributed by atoms with Crippen LogP contribution in [0.1, 0.15) is 23.1 Å². The van der Waals surface area contributed by atoms with Crippen LogP contribution in [0.5, 0.6) is 11.5 Å². The van der Waals surface area contributed by atoms with Crippen LogP contribution < -0.4 is 15.4 Å². The summed E-state index contributed by atoms with van der Waals surface area (Å²) in [6.45, 7) is 4.30. The smallest absolute Gasteiger partial charge is 0.191 e. The molecule has 29 heavy (non-hydrogen) atoms. The van der Waals surface area contributed by atoms with Crippen LogP contribution in [-0.2, 0) is 17.8 Å². The molecule has 6 nitrogen and oxygen atoms in total. The van der Waals surface area contributed by atoms with Gasteiger partial charge in [0, 0.05) is 32.1 Å². The van der Waals surface area contributed by atoms with Crippen LogP contribution in [0, 0.1) is 12.7 Å². The number of rotatable bonds is 6. The Labute approximate surface area is 187 Å². The summed E-state index contributed by atoms with van der Waals surface area (Å²) in [5, 5.41) is 15.7. The van der Waals surface area contributed by atoms with Crippen molar-refractivity contribution in [3.63, 3.8) is 0 Å². The summed E-state index contributed by atoms with van der Waals surface area (Å²) in [6, 6.07) is 10.4. The maximum absolute atomic E-state index is 13.5. The van der Waals surface area contributed by atoms with Gasteiger partial charge in [0.25, 0.3) is 0 Å². The van der Waals surface area contributed by atoms with Crippen molar-refractivity contribution in [3.05, 3.63) is 58.9 Å². The van der Waals surface area contributed by atoms with Gasteiger partial charge in [-0.25, -0.2) is 4.39 Å². The fourth-order valence-corrected chi connectivity index (χ4v) is 2.95. The van der Waals surface area contributed by atoms with Gasteiger partial charge in [-0.2, -0.15) is 0 Å². The lowest BCUT2D eigenvalue weighted by Crippen LogP contribution is -2.36. The van der Waals surface area contributed by atoms with Gasteiger partial charge in [0.05, 0.1) is 13.2 Å². The first kappa shape index (κ1) is 23.2. The minimum atomic E-state index is -0.639. The van der Waals surface area contributed by atoms with Gasteiger partial charge in [-0.1, -0.05) is 18.2 Å². The zero-order valence-electron chi connectivity index (χ0n) is 16.6. The molecule has 1 saturated heterocycles. The Bertz CT molecular complexity index is 842. The maximum Gasteiger partial charge on any atom is 0.191 e. The SMILES string of the molecule is CN=C(NCc1ccc(O)c(F)c1)NCc1ccc(C)cc1OC1CCOC1.I. The molecule has 2 aromatic carbocycles. The highest BCUT2D eigenvalue weighted by molar-refractivity contribution is 14.0. The third kappa shape index (κ3) is 6.74. The van der Waals surface area contributed by atoms with Gasteiger partial charge in [-0.3, -0.25) is 4.99 Å². The molecular weight excluding hydrogens is 488 g/mol. The molecule has 0 aliphatic carbocycles. The Hall–Kier alpha value is -2.07. The lowest BCUT2D eigenvalue weighted by molar-refractivity contribution is 0.140. The van der Waals surface area contributed by atoms with Gasteiger partial charge in [0.2, 0.25) is 0 Å². The van der Waals surface area contributed by atoms with E-state index in [1.54, 1.807) is 13.1 Å². The number of nitrogens with one attached hydrogen (secondary N) is 2. The van der Waals surface area contributed by atoms with Crippen molar-refractivity contribution in [2.45, 2.75) is 32.5 Å². The van der Waals surface area contributed by atoms with E-state index < -0.39 is 5.82 Å². The van der Waals surface area contributed by atoms with Crippen molar-refractivity contribution in [3.8, 4) is 11.5 Å². The summed E-state index contributed by atoms with van der Waals surface area (Å²) in [4.78, 5) is 4.20. The van der Waals surface area contributed by atoms with Crippen molar-refractivity contribution in [1.29, 1.82) is 0 Å². The maximum atomic E-state index is 13.5. The van der Waals surface area contributed by atoms with E-state index in [-0.39, 0.29) is 35.8 Å². The second-order valence-electron chi connectivity index (χ2n) is 6.78. The minimum absolute atomic E-state index is 0. The Morgan fingerprint density at radius 1 is 1.24 bits per heavy atom. The van der Waals surface area contributed by atoms with E-state index in [1.165, 1.54) is 12.1 Å². The zero-order chi connectivity index (χ0) is 19.9. The van der Waals surface area contributed by atoms with Crippen LogP contribution in [0.4, 0.5) is 4.39 Å². The number of aryl methyl sites for hydroxylation is 1. The fraction of sp³-hybridized carbons (Fsp3) is 0.381. The van der Waals surface area contributed by atoms with Gasteiger partial charge >= 0.3 is 0 Å². The average Bonchev–Trinajstić information content (AvgIpc) is 3.19. The molecule has 0 amide bonds. The summed E-state index contributed by atoms with van der Waals surface area (Å²) >= 11 is 0. The molecule has 0 bridgehead atoms. The summed E-state index contributed by atoms with van der Waals surface area (Å²) < 4.78 is 25.0. The first-order chi connectivity index (χ1) is 13.5. The van der Waals surface area contributed by atoms with Crippen molar-refractivity contribution < 1.29 is 19.0 Å². The van der Waals surface area contributed by atoms with Gasteiger partial charge in [0.1, 0.15) is 11.9 Å². The summed E-state index contributed by atoms with van der Waals surface area (Å²) in [7, 11) is 1.68. The summed E-state index contributed by atoms with van der Waals surface area (Å²) in [5.41, 5.74) is 2.87. The second kappa shape index (κ2) is 11.2. The normalized spacial score (nSPS) is 16.2. The molecule has 3 N–H and O–H groups in total. The second-order valence-corrected chi connectivity index (χ2v) is 6.78. The molecule has 8 heteroatoms. The predicted molar refractivity (Wildman–Crippen MR) is 122 cm³/mol. The lowest BCUT2D eigenvalue weighted by Gasteiger charge is -2.18. The van der Waals surface area contributed by atoms with Crippen LogP contribution in [0.2, 0.25) is 0 Å². The molecule has 1 aliphatic heterocycles. The molecule has 0 aromatic heterocycles. The number of benzene rings is 2. The van der Waals surface area contributed by atoms with Gasteiger partial charge in [-0.15, -0.1) is 24.0 Å². The number of halogens is 2. The summed E-state index contributed by atoms with van der Waals surface area (Å²) in [5.74, 6) is 0.439. The number of aliphatic imine (C=N–C) groups is 1.